The van der Waals surface area contributed by atoms with E-state index in [-0.39, 0.29) is 11.9 Å². The number of methoxy groups -OCH3 is 2. The van der Waals surface area contributed by atoms with Crippen LogP contribution in [0.2, 0.25) is 0 Å². The van der Waals surface area contributed by atoms with Crippen LogP contribution in [0.5, 0.6) is 11.5 Å². The maximum Gasteiger partial charge on any atom is 0.322 e. The van der Waals surface area contributed by atoms with Crippen molar-refractivity contribution in [1.29, 1.82) is 0 Å². The highest BCUT2D eigenvalue weighted by Crippen LogP contribution is 2.22. The van der Waals surface area contributed by atoms with Crippen molar-refractivity contribution in [1.82, 2.24) is 10.2 Å². The van der Waals surface area contributed by atoms with Gasteiger partial charge in [0.25, 0.3) is 0 Å². The maximum atomic E-state index is 12.1. The minimum Gasteiger partial charge on any atom is -0.497 e. The highest BCUT2D eigenvalue weighted by molar-refractivity contribution is 7.99. The summed E-state index contributed by atoms with van der Waals surface area (Å²) in [4.78, 5) is 13.1. The molecule has 0 aliphatic carbocycles. The number of benzene rings is 2. The molecule has 0 fully saturated rings. The number of rotatable bonds is 9. The number of nitrogens with one attached hydrogen (secondary N) is 1. The molecular formula is C20H21N3O4S. The Hall–Kier alpha value is -3.00. The van der Waals surface area contributed by atoms with Gasteiger partial charge in [-0.2, -0.15) is 0 Å². The van der Waals surface area contributed by atoms with Crippen LogP contribution in [0.3, 0.4) is 0 Å². The molecule has 3 aromatic rings. The number of amides is 1. The topological polar surface area (TPSA) is 86.5 Å². The molecule has 0 spiro atoms. The van der Waals surface area contributed by atoms with Crippen molar-refractivity contribution in [2.75, 3.05) is 25.3 Å². The fourth-order valence-corrected chi connectivity index (χ4v) is 3.26. The van der Waals surface area contributed by atoms with Crippen molar-refractivity contribution >= 4 is 23.7 Å². The maximum absolute atomic E-state index is 12.1. The molecule has 0 unspecified atom stereocenters. The van der Waals surface area contributed by atoms with Crippen LogP contribution < -0.4 is 14.8 Å². The Morgan fingerprint density at radius 1 is 1.00 bits per heavy atom. The van der Waals surface area contributed by atoms with E-state index >= 15 is 0 Å². The molecule has 0 atom stereocenters. The molecule has 0 aliphatic rings. The van der Waals surface area contributed by atoms with Gasteiger partial charge in [0, 0.05) is 17.1 Å². The average Bonchev–Trinajstić information content (AvgIpc) is 3.15. The van der Waals surface area contributed by atoms with E-state index in [9.17, 15) is 4.79 Å². The van der Waals surface area contributed by atoms with Crippen molar-refractivity contribution in [2.45, 2.75) is 17.7 Å². The second kappa shape index (κ2) is 9.80. The summed E-state index contributed by atoms with van der Waals surface area (Å²) in [5.41, 5.74) is 1.01. The summed E-state index contributed by atoms with van der Waals surface area (Å²) in [6, 6.07) is 15.4. The average molecular weight is 399 g/mol. The summed E-state index contributed by atoms with van der Waals surface area (Å²) < 4.78 is 15.8. The van der Waals surface area contributed by atoms with Gasteiger partial charge in [-0.1, -0.05) is 17.2 Å². The van der Waals surface area contributed by atoms with E-state index in [1.54, 1.807) is 26.0 Å². The lowest BCUT2D eigenvalue weighted by Crippen LogP contribution is -2.12. The molecular weight excluding hydrogens is 378 g/mol. The van der Waals surface area contributed by atoms with E-state index in [4.69, 9.17) is 13.9 Å². The lowest BCUT2D eigenvalue weighted by molar-refractivity contribution is -0.115. The predicted molar refractivity (Wildman–Crippen MR) is 107 cm³/mol. The van der Waals surface area contributed by atoms with Gasteiger partial charge in [0.05, 0.1) is 20.6 Å². The number of hydrogen-bond donors (Lipinski definition) is 1. The lowest BCUT2D eigenvalue weighted by atomic mass is 10.1. The second-order valence-electron chi connectivity index (χ2n) is 5.85. The summed E-state index contributed by atoms with van der Waals surface area (Å²) >= 11 is 1.60. The predicted octanol–water partition coefficient (Wildman–Crippen LogP) is 3.80. The molecule has 1 amide bonds. The molecule has 146 valence electrons. The monoisotopic (exact) mass is 399 g/mol. The van der Waals surface area contributed by atoms with E-state index in [2.05, 4.69) is 15.5 Å². The molecule has 1 N–H and O–H groups in total. The largest absolute Gasteiger partial charge is 0.497 e. The number of anilines is 1. The summed E-state index contributed by atoms with van der Waals surface area (Å²) in [6.45, 7) is 0. The Labute approximate surface area is 167 Å². The summed E-state index contributed by atoms with van der Waals surface area (Å²) in [6.07, 6.45) is 0.826. The van der Waals surface area contributed by atoms with Gasteiger partial charge >= 0.3 is 6.01 Å². The lowest BCUT2D eigenvalue weighted by Gasteiger charge is -2.03. The van der Waals surface area contributed by atoms with Gasteiger partial charge in [-0.05, 0) is 42.0 Å². The first-order chi connectivity index (χ1) is 13.7. The zero-order valence-electron chi connectivity index (χ0n) is 15.7. The first kappa shape index (κ1) is 19.8. The summed E-state index contributed by atoms with van der Waals surface area (Å²) in [5.74, 6) is 2.51. The standard InChI is InChI=1S/C20H21N3O4S/c1-25-15-5-3-14(4-6-15)13-19-22-23-20(27-19)21-18(24)11-12-28-17-9-7-16(26-2)8-10-17/h3-10H,11-13H2,1-2H3,(H,21,23,24). The number of ether oxygens (including phenoxy) is 2. The first-order valence-corrected chi connectivity index (χ1v) is 9.67. The molecule has 0 radical (unpaired) electrons. The minimum atomic E-state index is -0.166. The van der Waals surface area contributed by atoms with Crippen LogP contribution in [0.4, 0.5) is 6.01 Å². The van der Waals surface area contributed by atoms with Crippen LogP contribution >= 0.6 is 11.8 Å². The molecule has 1 heterocycles. The fraction of sp³-hybridized carbons (Fsp3) is 0.250. The minimum absolute atomic E-state index is 0.114. The van der Waals surface area contributed by atoms with Crippen molar-refractivity contribution in [3.8, 4) is 11.5 Å². The van der Waals surface area contributed by atoms with Gasteiger partial charge in [-0.3, -0.25) is 10.1 Å². The fourth-order valence-electron chi connectivity index (χ4n) is 2.41. The van der Waals surface area contributed by atoms with E-state index < -0.39 is 0 Å². The van der Waals surface area contributed by atoms with Gasteiger partial charge in [0.2, 0.25) is 11.8 Å². The van der Waals surface area contributed by atoms with Gasteiger partial charge < -0.3 is 13.9 Å². The molecule has 0 aliphatic heterocycles. The van der Waals surface area contributed by atoms with Crippen LogP contribution in [0.15, 0.2) is 57.8 Å². The van der Waals surface area contributed by atoms with Crippen LogP contribution in [0.25, 0.3) is 0 Å². The van der Waals surface area contributed by atoms with Crippen LogP contribution in [0.1, 0.15) is 17.9 Å². The molecule has 28 heavy (non-hydrogen) atoms. The van der Waals surface area contributed by atoms with Gasteiger partial charge in [-0.15, -0.1) is 16.9 Å². The normalized spacial score (nSPS) is 10.5. The van der Waals surface area contributed by atoms with Crippen molar-refractivity contribution in [3.05, 3.63) is 60.0 Å². The molecule has 0 bridgehead atoms. The number of hydrogen-bond acceptors (Lipinski definition) is 7. The van der Waals surface area contributed by atoms with Crippen molar-refractivity contribution in [2.24, 2.45) is 0 Å². The van der Waals surface area contributed by atoms with Crippen LogP contribution in [-0.4, -0.2) is 36.1 Å². The zero-order chi connectivity index (χ0) is 19.8. The Balaban J connectivity index is 1.43. The van der Waals surface area contributed by atoms with E-state index in [0.717, 1.165) is 22.0 Å². The van der Waals surface area contributed by atoms with Crippen molar-refractivity contribution in [3.63, 3.8) is 0 Å². The summed E-state index contributed by atoms with van der Waals surface area (Å²) in [7, 11) is 3.25. The highest BCUT2D eigenvalue weighted by Gasteiger charge is 2.10. The second-order valence-corrected chi connectivity index (χ2v) is 7.02. The molecule has 2 aromatic carbocycles. The number of nitrogens with zero attached hydrogens (tertiary/aromatic N) is 2. The molecule has 7 nitrogen and oxygen atoms in total. The smallest absolute Gasteiger partial charge is 0.322 e. The summed E-state index contributed by atoms with van der Waals surface area (Å²) in [5, 5.41) is 10.5. The number of carbonyl (C=O) groups excluding carboxylic acids is 1. The van der Waals surface area contributed by atoms with E-state index in [0.29, 0.717) is 24.5 Å². The first-order valence-electron chi connectivity index (χ1n) is 8.68. The third-order valence-electron chi connectivity index (χ3n) is 3.88. The Morgan fingerprint density at radius 2 is 1.64 bits per heavy atom. The van der Waals surface area contributed by atoms with E-state index in [1.807, 2.05) is 48.5 Å². The molecule has 1 aromatic heterocycles. The van der Waals surface area contributed by atoms with Gasteiger partial charge in [0.15, 0.2) is 0 Å². The third-order valence-corrected chi connectivity index (χ3v) is 4.90. The molecule has 3 rings (SSSR count). The SMILES string of the molecule is COc1ccc(Cc2nnc(NC(=O)CCSc3ccc(OC)cc3)o2)cc1. The number of aromatic nitrogens is 2. The zero-order valence-corrected chi connectivity index (χ0v) is 16.5. The molecule has 8 heteroatoms. The Morgan fingerprint density at radius 3 is 2.29 bits per heavy atom. The molecule has 0 saturated carbocycles. The van der Waals surface area contributed by atoms with Gasteiger partial charge in [-0.25, -0.2) is 0 Å². The van der Waals surface area contributed by atoms with Crippen LogP contribution in [0, 0.1) is 0 Å². The Kier molecular flexibility index (Phi) is 6.91. The number of thioether (sulfide) groups is 1. The van der Waals surface area contributed by atoms with Crippen molar-refractivity contribution < 1.29 is 18.7 Å². The molecule has 0 saturated heterocycles. The highest BCUT2D eigenvalue weighted by atomic mass is 32.2. The van der Waals surface area contributed by atoms with E-state index in [1.165, 1.54) is 0 Å². The van der Waals surface area contributed by atoms with Crippen LogP contribution in [-0.2, 0) is 11.2 Å². The third kappa shape index (κ3) is 5.75. The quantitative estimate of drug-likeness (QED) is 0.548. The van der Waals surface area contributed by atoms with Gasteiger partial charge in [0.1, 0.15) is 11.5 Å². The number of carbonyl (C=O) groups is 1. The Bertz CT molecular complexity index is 895.